The van der Waals surface area contributed by atoms with Crippen molar-refractivity contribution < 1.29 is 0 Å². The molecule has 2 heteroatoms. The fourth-order valence-electron chi connectivity index (χ4n) is 2.08. The molecule has 2 rings (SSSR count). The third-order valence-corrected chi connectivity index (χ3v) is 3.88. The lowest BCUT2D eigenvalue weighted by Crippen LogP contribution is -2.27. The first kappa shape index (κ1) is 13.1. The minimum Gasteiger partial charge on any atom is -0.296 e. The zero-order chi connectivity index (χ0) is 12.3. The minimum absolute atomic E-state index is 0.807. The van der Waals surface area contributed by atoms with E-state index in [1.165, 1.54) is 35.8 Å². The molecule has 1 nitrogen and oxygen atoms in total. The fourth-order valence-corrected chi connectivity index (χ4v) is 2.34. The van der Waals surface area contributed by atoms with E-state index >= 15 is 0 Å². The van der Waals surface area contributed by atoms with Gasteiger partial charge in [0, 0.05) is 17.1 Å². The molecule has 1 aromatic rings. The molecule has 0 aromatic heterocycles. The van der Waals surface area contributed by atoms with Crippen LogP contribution in [0, 0.1) is 5.92 Å². The van der Waals surface area contributed by atoms with Crippen LogP contribution >= 0.6 is 15.9 Å². The lowest BCUT2D eigenvalue weighted by atomic mass is 10.1. The molecule has 0 N–H and O–H groups in total. The van der Waals surface area contributed by atoms with Crippen molar-refractivity contribution in [2.24, 2.45) is 5.92 Å². The summed E-state index contributed by atoms with van der Waals surface area (Å²) >= 11 is 3.49. The number of halogens is 1. The van der Waals surface area contributed by atoms with Crippen LogP contribution in [0.15, 0.2) is 28.7 Å². The second-order valence-corrected chi connectivity index (χ2v) is 6.43. The Bertz CT molecular complexity index is 340. The first-order valence-corrected chi connectivity index (χ1v) is 7.43. The first-order valence-electron chi connectivity index (χ1n) is 6.63. The van der Waals surface area contributed by atoms with E-state index in [9.17, 15) is 0 Å². The van der Waals surface area contributed by atoms with Gasteiger partial charge in [0.15, 0.2) is 0 Å². The van der Waals surface area contributed by atoms with Crippen LogP contribution < -0.4 is 0 Å². The Kier molecular flexibility index (Phi) is 4.63. The highest BCUT2D eigenvalue weighted by atomic mass is 79.9. The van der Waals surface area contributed by atoms with Gasteiger partial charge in [-0.25, -0.2) is 0 Å². The van der Waals surface area contributed by atoms with E-state index < -0.39 is 0 Å². The molecule has 0 heterocycles. The molecule has 0 spiro atoms. The van der Waals surface area contributed by atoms with Crippen molar-refractivity contribution in [3.8, 4) is 0 Å². The molecule has 0 bridgehead atoms. The predicted molar refractivity (Wildman–Crippen MR) is 77.0 cm³/mol. The molecule has 1 saturated carbocycles. The molecule has 1 aliphatic rings. The average molecular weight is 296 g/mol. The van der Waals surface area contributed by atoms with E-state index in [-0.39, 0.29) is 0 Å². The highest BCUT2D eigenvalue weighted by Crippen LogP contribution is 2.29. The van der Waals surface area contributed by atoms with Crippen LogP contribution in [0.3, 0.4) is 0 Å². The van der Waals surface area contributed by atoms with Crippen LogP contribution in [-0.4, -0.2) is 17.5 Å². The van der Waals surface area contributed by atoms with Crippen molar-refractivity contribution in [2.75, 3.05) is 6.54 Å². The summed E-state index contributed by atoms with van der Waals surface area (Å²) in [4.78, 5) is 2.66. The number of hydrogen-bond acceptors (Lipinski definition) is 1. The summed E-state index contributed by atoms with van der Waals surface area (Å²) in [6.45, 7) is 6.98. The maximum absolute atomic E-state index is 3.49. The topological polar surface area (TPSA) is 3.24 Å². The maximum atomic E-state index is 3.49. The molecule has 0 atom stereocenters. The Hall–Kier alpha value is -0.340. The van der Waals surface area contributed by atoms with E-state index in [1.54, 1.807) is 0 Å². The smallest absolute Gasteiger partial charge is 0.0236 e. The zero-order valence-electron chi connectivity index (χ0n) is 10.8. The van der Waals surface area contributed by atoms with E-state index in [2.05, 4.69) is 58.9 Å². The largest absolute Gasteiger partial charge is 0.296 e. The van der Waals surface area contributed by atoms with Crippen LogP contribution in [0.2, 0.25) is 0 Å². The fraction of sp³-hybridized carbons (Fsp3) is 0.600. The summed E-state index contributed by atoms with van der Waals surface area (Å²) < 4.78 is 1.17. The monoisotopic (exact) mass is 295 g/mol. The molecule has 1 aliphatic carbocycles. The summed E-state index contributed by atoms with van der Waals surface area (Å²) in [6, 6.07) is 9.60. The molecule has 0 unspecified atom stereocenters. The minimum atomic E-state index is 0.807. The van der Waals surface area contributed by atoms with Gasteiger partial charge in [0.1, 0.15) is 0 Å². The molecule has 1 fully saturated rings. The van der Waals surface area contributed by atoms with Gasteiger partial charge in [-0.2, -0.15) is 0 Å². The van der Waals surface area contributed by atoms with Gasteiger partial charge in [-0.1, -0.05) is 41.9 Å². The van der Waals surface area contributed by atoms with E-state index in [0.29, 0.717) is 0 Å². The van der Waals surface area contributed by atoms with Crippen molar-refractivity contribution in [3.05, 3.63) is 34.3 Å². The summed E-state index contributed by atoms with van der Waals surface area (Å²) in [7, 11) is 0. The highest BCUT2D eigenvalue weighted by molar-refractivity contribution is 9.10. The molecule has 0 aliphatic heterocycles. The van der Waals surface area contributed by atoms with Gasteiger partial charge in [0.05, 0.1) is 0 Å². The number of nitrogens with zero attached hydrogens (tertiary/aromatic N) is 1. The van der Waals surface area contributed by atoms with Crippen LogP contribution in [0.4, 0.5) is 0 Å². The van der Waals surface area contributed by atoms with Crippen molar-refractivity contribution >= 4 is 15.9 Å². The number of hydrogen-bond donors (Lipinski definition) is 0. The van der Waals surface area contributed by atoms with Gasteiger partial charge in [0.25, 0.3) is 0 Å². The molecular weight excluding hydrogens is 274 g/mol. The second kappa shape index (κ2) is 6.01. The van der Waals surface area contributed by atoms with Crippen LogP contribution in [0.5, 0.6) is 0 Å². The van der Waals surface area contributed by atoms with E-state index in [4.69, 9.17) is 0 Å². The Morgan fingerprint density at radius 2 is 1.88 bits per heavy atom. The summed E-state index contributed by atoms with van der Waals surface area (Å²) in [5, 5.41) is 0. The SMILES string of the molecule is CC(C)CCN(Cc1ccc(Br)cc1)C1CC1. The third kappa shape index (κ3) is 4.44. The van der Waals surface area contributed by atoms with Crippen LogP contribution in [0.25, 0.3) is 0 Å². The molecule has 17 heavy (non-hydrogen) atoms. The number of rotatable bonds is 6. The Balaban J connectivity index is 1.90. The van der Waals surface area contributed by atoms with E-state index in [0.717, 1.165) is 18.5 Å². The molecule has 0 radical (unpaired) electrons. The van der Waals surface area contributed by atoms with Crippen LogP contribution in [-0.2, 0) is 6.54 Å². The Labute approximate surface area is 113 Å². The number of benzene rings is 1. The molecular formula is C15H22BrN. The normalized spacial score (nSPS) is 15.8. The summed E-state index contributed by atoms with van der Waals surface area (Å²) in [5.41, 5.74) is 1.43. The first-order chi connectivity index (χ1) is 8.15. The summed E-state index contributed by atoms with van der Waals surface area (Å²) in [5.74, 6) is 0.807. The second-order valence-electron chi connectivity index (χ2n) is 5.51. The van der Waals surface area contributed by atoms with Crippen molar-refractivity contribution in [2.45, 2.75) is 45.7 Å². The van der Waals surface area contributed by atoms with Gasteiger partial charge >= 0.3 is 0 Å². The molecule has 0 saturated heterocycles. The van der Waals surface area contributed by atoms with Crippen molar-refractivity contribution in [3.63, 3.8) is 0 Å². The van der Waals surface area contributed by atoms with Gasteiger partial charge in [-0.05, 0) is 49.4 Å². The Morgan fingerprint density at radius 3 is 2.41 bits per heavy atom. The van der Waals surface area contributed by atoms with E-state index in [1.807, 2.05) is 0 Å². The third-order valence-electron chi connectivity index (χ3n) is 3.36. The molecule has 1 aromatic carbocycles. The van der Waals surface area contributed by atoms with Crippen LogP contribution in [0.1, 0.15) is 38.7 Å². The molecule has 94 valence electrons. The van der Waals surface area contributed by atoms with Gasteiger partial charge in [0.2, 0.25) is 0 Å². The predicted octanol–water partition coefficient (Wildman–Crippen LogP) is 4.46. The average Bonchev–Trinajstić information content (AvgIpc) is 3.10. The highest BCUT2D eigenvalue weighted by Gasteiger charge is 2.28. The van der Waals surface area contributed by atoms with Gasteiger partial charge < -0.3 is 0 Å². The molecule has 0 amide bonds. The maximum Gasteiger partial charge on any atom is 0.0236 e. The van der Waals surface area contributed by atoms with Gasteiger partial charge in [-0.3, -0.25) is 4.90 Å². The lowest BCUT2D eigenvalue weighted by molar-refractivity contribution is 0.239. The summed E-state index contributed by atoms with van der Waals surface area (Å²) in [6.07, 6.45) is 4.11. The quantitative estimate of drug-likeness (QED) is 0.749. The zero-order valence-corrected chi connectivity index (χ0v) is 12.4. The standard InChI is InChI=1S/C15H22BrN/c1-12(2)9-10-17(15-7-8-15)11-13-3-5-14(16)6-4-13/h3-6,12,15H,7-11H2,1-2H3. The Morgan fingerprint density at radius 1 is 1.24 bits per heavy atom. The lowest BCUT2D eigenvalue weighted by Gasteiger charge is -2.23. The van der Waals surface area contributed by atoms with Gasteiger partial charge in [-0.15, -0.1) is 0 Å². The van der Waals surface area contributed by atoms with Crippen molar-refractivity contribution in [1.82, 2.24) is 4.90 Å². The van der Waals surface area contributed by atoms with Crippen molar-refractivity contribution in [1.29, 1.82) is 0 Å².